The summed E-state index contributed by atoms with van der Waals surface area (Å²) in [6.45, 7) is 1.18. The van der Waals surface area contributed by atoms with Crippen molar-refractivity contribution < 1.29 is 40.6 Å². The van der Waals surface area contributed by atoms with E-state index in [-0.39, 0.29) is 18.7 Å². The van der Waals surface area contributed by atoms with E-state index in [1.54, 1.807) is 0 Å². The SMILES string of the molecule is CCOC(=O)c1cc(C(F)(F)F)c(OC)c(C(F)(F)F)c1. The van der Waals surface area contributed by atoms with Crippen molar-refractivity contribution in [2.75, 3.05) is 13.7 Å². The summed E-state index contributed by atoms with van der Waals surface area (Å²) >= 11 is 0. The molecule has 0 atom stereocenters. The molecule has 9 heteroatoms. The van der Waals surface area contributed by atoms with Crippen LogP contribution in [0.4, 0.5) is 26.3 Å². The molecule has 0 amide bonds. The molecule has 0 aliphatic rings. The predicted octanol–water partition coefficient (Wildman–Crippen LogP) is 3.91. The van der Waals surface area contributed by atoms with Crippen LogP contribution in [0.3, 0.4) is 0 Å². The number of alkyl halides is 6. The fourth-order valence-corrected chi connectivity index (χ4v) is 1.60. The minimum atomic E-state index is -5.12. The zero-order valence-electron chi connectivity index (χ0n) is 10.9. The van der Waals surface area contributed by atoms with Gasteiger partial charge in [0.05, 0.1) is 30.4 Å². The molecule has 0 saturated carbocycles. The van der Waals surface area contributed by atoms with Crippen LogP contribution in [0.15, 0.2) is 12.1 Å². The third-order valence-corrected chi connectivity index (χ3v) is 2.41. The van der Waals surface area contributed by atoms with Gasteiger partial charge in [-0.25, -0.2) is 4.79 Å². The van der Waals surface area contributed by atoms with Crippen molar-refractivity contribution in [2.24, 2.45) is 0 Å². The van der Waals surface area contributed by atoms with Gasteiger partial charge in [0.2, 0.25) is 0 Å². The molecule has 0 bridgehead atoms. The maximum Gasteiger partial charge on any atom is 0.420 e. The number of carbonyl (C=O) groups excluding carboxylic acids is 1. The number of halogens is 6. The quantitative estimate of drug-likeness (QED) is 0.626. The van der Waals surface area contributed by atoms with E-state index in [1.165, 1.54) is 6.92 Å². The van der Waals surface area contributed by atoms with Crippen molar-refractivity contribution >= 4 is 5.97 Å². The van der Waals surface area contributed by atoms with Crippen LogP contribution in [-0.2, 0) is 17.1 Å². The van der Waals surface area contributed by atoms with Crippen LogP contribution in [0.25, 0.3) is 0 Å². The zero-order chi connectivity index (χ0) is 16.4. The van der Waals surface area contributed by atoms with E-state index in [0.29, 0.717) is 7.11 Å². The summed E-state index contributed by atoms with van der Waals surface area (Å²) in [7, 11) is 0.684. The fraction of sp³-hybridized carbons (Fsp3) is 0.417. The highest BCUT2D eigenvalue weighted by molar-refractivity contribution is 5.90. The number of benzene rings is 1. The van der Waals surface area contributed by atoms with Gasteiger partial charge in [0.1, 0.15) is 5.75 Å². The summed E-state index contributed by atoms with van der Waals surface area (Å²) in [5.41, 5.74) is -4.23. The summed E-state index contributed by atoms with van der Waals surface area (Å²) in [6.07, 6.45) is -10.2. The first-order chi connectivity index (χ1) is 9.52. The number of esters is 1. The van der Waals surface area contributed by atoms with Crippen molar-refractivity contribution in [1.82, 2.24) is 0 Å². The Balaban J connectivity index is 3.63. The van der Waals surface area contributed by atoms with Crippen LogP contribution in [0.1, 0.15) is 28.4 Å². The van der Waals surface area contributed by atoms with Crippen LogP contribution in [0, 0.1) is 0 Å². The largest absolute Gasteiger partial charge is 0.495 e. The van der Waals surface area contributed by atoms with Crippen LogP contribution in [0.5, 0.6) is 5.75 Å². The van der Waals surface area contributed by atoms with Crippen LogP contribution < -0.4 is 4.74 Å². The molecule has 0 heterocycles. The Kier molecular flexibility index (Phi) is 4.75. The van der Waals surface area contributed by atoms with Gasteiger partial charge in [-0.2, -0.15) is 26.3 Å². The molecule has 0 unspecified atom stereocenters. The molecule has 0 spiro atoms. The molecule has 1 aromatic rings. The van der Waals surface area contributed by atoms with Crippen LogP contribution in [0.2, 0.25) is 0 Å². The van der Waals surface area contributed by atoms with Crippen molar-refractivity contribution in [3.05, 3.63) is 28.8 Å². The van der Waals surface area contributed by atoms with Gasteiger partial charge in [0.25, 0.3) is 0 Å². The second-order valence-corrected chi connectivity index (χ2v) is 3.82. The molecule has 0 saturated heterocycles. The van der Waals surface area contributed by atoms with Gasteiger partial charge in [-0.1, -0.05) is 0 Å². The molecule has 118 valence electrons. The van der Waals surface area contributed by atoms with Crippen LogP contribution >= 0.6 is 0 Å². The smallest absolute Gasteiger partial charge is 0.420 e. The average Bonchev–Trinajstić information content (AvgIpc) is 2.35. The third-order valence-electron chi connectivity index (χ3n) is 2.41. The van der Waals surface area contributed by atoms with E-state index in [1.807, 2.05) is 0 Å². The molecular formula is C12H10F6O3. The maximum absolute atomic E-state index is 12.8. The zero-order valence-corrected chi connectivity index (χ0v) is 10.9. The second-order valence-electron chi connectivity index (χ2n) is 3.82. The minimum absolute atomic E-state index is 0.187. The molecule has 0 aromatic heterocycles. The molecule has 0 N–H and O–H groups in total. The van der Waals surface area contributed by atoms with Crippen molar-refractivity contribution in [3.8, 4) is 5.75 Å². The monoisotopic (exact) mass is 316 g/mol. The molecule has 3 nitrogen and oxygen atoms in total. The molecule has 1 aromatic carbocycles. The van der Waals surface area contributed by atoms with E-state index in [0.717, 1.165) is 0 Å². The first-order valence-corrected chi connectivity index (χ1v) is 5.55. The normalized spacial score (nSPS) is 12.2. The number of hydrogen-bond acceptors (Lipinski definition) is 3. The van der Waals surface area contributed by atoms with Gasteiger partial charge < -0.3 is 9.47 Å². The van der Waals surface area contributed by atoms with Gasteiger partial charge in [0, 0.05) is 0 Å². The number of methoxy groups -OCH3 is 1. The molecule has 0 aliphatic carbocycles. The van der Waals surface area contributed by atoms with Gasteiger partial charge in [-0.15, -0.1) is 0 Å². The lowest BCUT2D eigenvalue weighted by Gasteiger charge is -2.18. The number of ether oxygens (including phenoxy) is 2. The number of carbonyl (C=O) groups is 1. The lowest BCUT2D eigenvalue weighted by atomic mass is 10.0. The Morgan fingerprint density at radius 2 is 1.48 bits per heavy atom. The fourth-order valence-electron chi connectivity index (χ4n) is 1.60. The van der Waals surface area contributed by atoms with Gasteiger partial charge in [-0.3, -0.25) is 0 Å². The average molecular weight is 316 g/mol. The first-order valence-electron chi connectivity index (χ1n) is 5.55. The summed E-state index contributed by atoms with van der Waals surface area (Å²) in [5, 5.41) is 0. The Morgan fingerprint density at radius 3 is 1.76 bits per heavy atom. The van der Waals surface area contributed by atoms with E-state index in [2.05, 4.69) is 9.47 Å². The Morgan fingerprint density at radius 1 is 1.05 bits per heavy atom. The Hall–Kier alpha value is -1.93. The van der Waals surface area contributed by atoms with E-state index < -0.39 is 40.8 Å². The van der Waals surface area contributed by atoms with Gasteiger partial charge >= 0.3 is 18.3 Å². The lowest BCUT2D eigenvalue weighted by Crippen LogP contribution is -2.17. The highest BCUT2D eigenvalue weighted by Crippen LogP contribution is 2.44. The molecule has 0 fully saturated rings. The standard InChI is InChI=1S/C12H10F6O3/c1-3-21-10(19)6-4-7(11(13,14)15)9(20-2)8(5-6)12(16,17)18/h4-5H,3H2,1-2H3. The highest BCUT2D eigenvalue weighted by Gasteiger charge is 2.43. The third kappa shape index (κ3) is 3.79. The van der Waals surface area contributed by atoms with Crippen molar-refractivity contribution in [3.63, 3.8) is 0 Å². The number of rotatable bonds is 3. The van der Waals surface area contributed by atoms with E-state index in [4.69, 9.17) is 0 Å². The highest BCUT2D eigenvalue weighted by atomic mass is 19.4. The van der Waals surface area contributed by atoms with Crippen LogP contribution in [-0.4, -0.2) is 19.7 Å². The van der Waals surface area contributed by atoms with Gasteiger partial charge in [-0.05, 0) is 19.1 Å². The minimum Gasteiger partial charge on any atom is -0.495 e. The lowest BCUT2D eigenvalue weighted by molar-refractivity contribution is -0.145. The Labute approximate surface area is 115 Å². The number of hydrogen-bond donors (Lipinski definition) is 0. The molecule has 1 rings (SSSR count). The molecule has 21 heavy (non-hydrogen) atoms. The van der Waals surface area contributed by atoms with E-state index in [9.17, 15) is 31.1 Å². The second kappa shape index (κ2) is 5.82. The summed E-state index contributed by atoms with van der Waals surface area (Å²) in [4.78, 5) is 11.4. The molecule has 0 aliphatic heterocycles. The Bertz CT molecular complexity index is 498. The first kappa shape index (κ1) is 17.1. The van der Waals surface area contributed by atoms with Crippen molar-refractivity contribution in [1.29, 1.82) is 0 Å². The summed E-state index contributed by atoms with van der Waals surface area (Å²) in [5.74, 6) is -2.67. The molecule has 0 radical (unpaired) electrons. The molecular weight excluding hydrogens is 306 g/mol. The summed E-state index contributed by atoms with van der Waals surface area (Å²) in [6, 6.07) is 0.540. The predicted molar refractivity (Wildman–Crippen MR) is 59.0 cm³/mol. The van der Waals surface area contributed by atoms with Gasteiger partial charge in [0.15, 0.2) is 0 Å². The van der Waals surface area contributed by atoms with Crippen molar-refractivity contribution in [2.45, 2.75) is 19.3 Å². The van der Waals surface area contributed by atoms with E-state index >= 15 is 0 Å². The topological polar surface area (TPSA) is 35.5 Å². The summed E-state index contributed by atoms with van der Waals surface area (Å²) < 4.78 is 85.7. The maximum atomic E-state index is 12.8.